The fourth-order valence-corrected chi connectivity index (χ4v) is 4.71. The third-order valence-electron chi connectivity index (χ3n) is 6.76. The number of ether oxygens (including phenoxy) is 2. The van der Waals surface area contributed by atoms with Gasteiger partial charge in [0, 0.05) is 18.9 Å². The molecule has 0 spiro atoms. The van der Waals surface area contributed by atoms with Gasteiger partial charge in [-0.3, -0.25) is 4.79 Å². The minimum Gasteiger partial charge on any atom is -0.480 e. The second-order valence-electron chi connectivity index (χ2n) is 9.36. The molecule has 0 fully saturated rings. The Morgan fingerprint density at radius 1 is 0.872 bits per heavy atom. The van der Waals surface area contributed by atoms with Crippen LogP contribution < -0.4 is 10.6 Å². The van der Waals surface area contributed by atoms with Crippen LogP contribution in [0, 0.1) is 0 Å². The van der Waals surface area contributed by atoms with Crippen molar-refractivity contribution in [3.05, 3.63) is 95.6 Å². The molecule has 3 atom stereocenters. The number of carboxylic acid groups (broad SMARTS) is 1. The smallest absolute Gasteiger partial charge is 0.407 e. The molecular weight excluding hydrogens is 500 g/mol. The van der Waals surface area contributed by atoms with Crippen molar-refractivity contribution in [3.63, 3.8) is 0 Å². The maximum absolute atomic E-state index is 13.1. The van der Waals surface area contributed by atoms with E-state index in [9.17, 15) is 24.6 Å². The van der Waals surface area contributed by atoms with E-state index in [1.165, 1.54) is 0 Å². The van der Waals surface area contributed by atoms with Crippen molar-refractivity contribution in [2.45, 2.75) is 44.1 Å². The number of fused-ring (bicyclic) bond motifs is 3. The molecule has 0 bridgehead atoms. The summed E-state index contributed by atoms with van der Waals surface area (Å²) in [5, 5.41) is 23.5. The predicted octanol–water partition coefficient (Wildman–Crippen LogP) is 3.45. The highest BCUT2D eigenvalue weighted by Crippen LogP contribution is 2.44. The number of hydrogen-bond acceptors (Lipinski definition) is 6. The third kappa shape index (κ3) is 6.81. The SMILES string of the molecule is CC(OCc1ccccc1)C(NC(=O)OCC1c2ccccc2-c2ccccc21)C(=O)NC(CCO)C(=O)O. The minimum atomic E-state index is -1.32. The molecule has 1 aliphatic rings. The van der Waals surface area contributed by atoms with E-state index in [-0.39, 0.29) is 25.6 Å². The van der Waals surface area contributed by atoms with E-state index in [0.29, 0.717) is 0 Å². The number of amides is 2. The summed E-state index contributed by atoms with van der Waals surface area (Å²) in [6.45, 7) is 1.41. The Hall–Kier alpha value is -4.21. The highest BCUT2D eigenvalue weighted by atomic mass is 16.5. The van der Waals surface area contributed by atoms with Crippen LogP contribution in [0.1, 0.15) is 36.0 Å². The zero-order valence-electron chi connectivity index (χ0n) is 21.6. The van der Waals surface area contributed by atoms with E-state index >= 15 is 0 Å². The van der Waals surface area contributed by atoms with Gasteiger partial charge in [-0.15, -0.1) is 0 Å². The number of nitrogens with one attached hydrogen (secondary N) is 2. The van der Waals surface area contributed by atoms with Gasteiger partial charge in [0.1, 0.15) is 18.7 Å². The molecule has 204 valence electrons. The summed E-state index contributed by atoms with van der Waals surface area (Å²) in [7, 11) is 0. The highest BCUT2D eigenvalue weighted by molar-refractivity contribution is 5.89. The molecule has 3 aromatic rings. The lowest BCUT2D eigenvalue weighted by Crippen LogP contribution is -2.56. The van der Waals surface area contributed by atoms with Crippen LogP contribution in [0.25, 0.3) is 11.1 Å². The summed E-state index contributed by atoms with van der Waals surface area (Å²) in [4.78, 5) is 37.6. The van der Waals surface area contributed by atoms with Crippen molar-refractivity contribution < 1.29 is 34.1 Å². The number of carboxylic acids is 1. The van der Waals surface area contributed by atoms with Gasteiger partial charge < -0.3 is 30.3 Å². The van der Waals surface area contributed by atoms with Gasteiger partial charge in [0.2, 0.25) is 5.91 Å². The Morgan fingerprint density at radius 3 is 2.05 bits per heavy atom. The first kappa shape index (κ1) is 27.8. The van der Waals surface area contributed by atoms with Crippen molar-refractivity contribution in [3.8, 4) is 11.1 Å². The average Bonchev–Trinajstić information content (AvgIpc) is 3.27. The van der Waals surface area contributed by atoms with E-state index < -0.39 is 42.8 Å². The molecule has 0 radical (unpaired) electrons. The lowest BCUT2D eigenvalue weighted by Gasteiger charge is -2.26. The van der Waals surface area contributed by atoms with Gasteiger partial charge in [-0.1, -0.05) is 78.9 Å². The zero-order chi connectivity index (χ0) is 27.8. The molecule has 39 heavy (non-hydrogen) atoms. The summed E-state index contributed by atoms with van der Waals surface area (Å²) >= 11 is 0. The van der Waals surface area contributed by atoms with Crippen LogP contribution in [0.5, 0.6) is 0 Å². The molecule has 0 aliphatic heterocycles. The molecular formula is C30H32N2O7. The summed E-state index contributed by atoms with van der Waals surface area (Å²) < 4.78 is 11.4. The maximum Gasteiger partial charge on any atom is 0.407 e. The normalized spacial score (nSPS) is 14.4. The summed E-state index contributed by atoms with van der Waals surface area (Å²) in [6, 6.07) is 22.6. The number of carbonyl (C=O) groups excluding carboxylic acids is 2. The maximum atomic E-state index is 13.1. The Kier molecular flexibility index (Phi) is 9.30. The standard InChI is InChI=1S/C30H32N2O7/c1-19(38-17-20-9-3-2-4-10-20)27(28(34)31-26(15-16-33)29(35)36)32-30(37)39-18-25-23-13-7-5-11-21(23)22-12-6-8-14-24(22)25/h2-14,19,25-27,33H,15-18H2,1H3,(H,31,34)(H,32,37)(H,35,36). The highest BCUT2D eigenvalue weighted by Gasteiger charge is 2.33. The van der Waals surface area contributed by atoms with Crippen LogP contribution in [0.3, 0.4) is 0 Å². The van der Waals surface area contributed by atoms with Gasteiger partial charge in [-0.2, -0.15) is 0 Å². The van der Waals surface area contributed by atoms with E-state index in [2.05, 4.69) is 10.6 Å². The van der Waals surface area contributed by atoms with Crippen molar-refractivity contribution in [2.24, 2.45) is 0 Å². The first-order chi connectivity index (χ1) is 18.9. The fraction of sp³-hybridized carbons (Fsp3) is 0.300. The topological polar surface area (TPSA) is 134 Å². The number of aliphatic hydroxyl groups excluding tert-OH is 1. The quantitative estimate of drug-likeness (QED) is 0.281. The molecule has 3 aromatic carbocycles. The number of benzene rings is 3. The van der Waals surface area contributed by atoms with Crippen LogP contribution in [0.4, 0.5) is 4.79 Å². The number of rotatable bonds is 12. The number of aliphatic hydroxyl groups is 1. The molecule has 0 saturated carbocycles. The Morgan fingerprint density at radius 2 is 1.46 bits per heavy atom. The second kappa shape index (κ2) is 13.0. The van der Waals surface area contributed by atoms with Crippen LogP contribution in [0.15, 0.2) is 78.9 Å². The summed E-state index contributed by atoms with van der Waals surface area (Å²) in [5.74, 6) is -2.22. The molecule has 9 nitrogen and oxygen atoms in total. The van der Waals surface area contributed by atoms with Crippen LogP contribution >= 0.6 is 0 Å². The van der Waals surface area contributed by atoms with Gasteiger partial charge in [-0.25, -0.2) is 9.59 Å². The van der Waals surface area contributed by atoms with Gasteiger partial charge >= 0.3 is 12.1 Å². The number of alkyl carbamates (subject to hydrolysis) is 1. The Bertz CT molecular complexity index is 1250. The molecule has 0 saturated heterocycles. The van der Waals surface area contributed by atoms with Gasteiger partial charge in [-0.05, 0) is 34.7 Å². The molecule has 3 unspecified atom stereocenters. The fourth-order valence-electron chi connectivity index (χ4n) is 4.71. The number of hydrogen-bond donors (Lipinski definition) is 4. The van der Waals surface area contributed by atoms with Crippen molar-refractivity contribution >= 4 is 18.0 Å². The molecule has 2 amide bonds. The zero-order valence-corrected chi connectivity index (χ0v) is 21.6. The first-order valence-electron chi connectivity index (χ1n) is 12.8. The van der Waals surface area contributed by atoms with Crippen LogP contribution in [-0.4, -0.2) is 59.6 Å². The van der Waals surface area contributed by atoms with Gasteiger partial charge in [0.25, 0.3) is 0 Å². The van der Waals surface area contributed by atoms with Crippen molar-refractivity contribution in [2.75, 3.05) is 13.2 Å². The van der Waals surface area contributed by atoms with Gasteiger partial charge in [0.05, 0.1) is 12.7 Å². The summed E-state index contributed by atoms with van der Waals surface area (Å²) in [5.41, 5.74) is 5.15. The van der Waals surface area contributed by atoms with Gasteiger partial charge in [0.15, 0.2) is 0 Å². The number of aliphatic carboxylic acids is 1. The first-order valence-corrected chi connectivity index (χ1v) is 12.8. The lowest BCUT2D eigenvalue weighted by atomic mass is 9.98. The monoisotopic (exact) mass is 532 g/mol. The van der Waals surface area contributed by atoms with E-state index in [1.54, 1.807) is 6.92 Å². The van der Waals surface area contributed by atoms with Crippen molar-refractivity contribution in [1.29, 1.82) is 0 Å². The Balaban J connectivity index is 1.45. The predicted molar refractivity (Wildman–Crippen MR) is 144 cm³/mol. The van der Waals surface area contributed by atoms with Crippen LogP contribution in [0.2, 0.25) is 0 Å². The van der Waals surface area contributed by atoms with E-state index in [4.69, 9.17) is 9.47 Å². The largest absolute Gasteiger partial charge is 0.480 e. The Labute approximate surface area is 226 Å². The average molecular weight is 533 g/mol. The molecule has 0 aromatic heterocycles. The molecule has 9 heteroatoms. The second-order valence-corrected chi connectivity index (χ2v) is 9.36. The van der Waals surface area contributed by atoms with E-state index in [0.717, 1.165) is 27.8 Å². The van der Waals surface area contributed by atoms with Crippen LogP contribution in [-0.2, 0) is 25.7 Å². The summed E-state index contributed by atoms with van der Waals surface area (Å²) in [6.07, 6.45) is -1.84. The minimum absolute atomic E-state index is 0.0513. The molecule has 0 heterocycles. The number of carbonyl (C=O) groups is 3. The molecule has 4 N–H and O–H groups in total. The third-order valence-corrected chi connectivity index (χ3v) is 6.76. The van der Waals surface area contributed by atoms with Crippen molar-refractivity contribution in [1.82, 2.24) is 10.6 Å². The lowest BCUT2D eigenvalue weighted by molar-refractivity contribution is -0.143. The molecule has 1 aliphatic carbocycles. The molecule has 4 rings (SSSR count). The van der Waals surface area contributed by atoms with E-state index in [1.807, 2.05) is 78.9 Å².